The van der Waals surface area contributed by atoms with Gasteiger partial charge < -0.3 is 24.6 Å². The van der Waals surface area contributed by atoms with E-state index in [1.165, 1.54) is 25.1 Å². The van der Waals surface area contributed by atoms with Gasteiger partial charge in [-0.25, -0.2) is 23.1 Å². The fourth-order valence-electron chi connectivity index (χ4n) is 3.71. The van der Waals surface area contributed by atoms with Crippen molar-refractivity contribution in [3.63, 3.8) is 0 Å². The molecule has 0 bridgehead atoms. The number of aromatic carboxylic acids is 2. The molecule has 1 aliphatic rings. The van der Waals surface area contributed by atoms with E-state index in [1.54, 1.807) is 36.4 Å². The molecule has 200 valence electrons. The Bertz CT molecular complexity index is 1430. The minimum Gasteiger partial charge on any atom is -0.478 e. The van der Waals surface area contributed by atoms with Gasteiger partial charge in [0.15, 0.2) is 5.75 Å². The first-order chi connectivity index (χ1) is 18.0. The van der Waals surface area contributed by atoms with Gasteiger partial charge in [0.05, 0.1) is 11.3 Å². The van der Waals surface area contributed by atoms with Crippen LogP contribution in [0.3, 0.4) is 0 Å². The number of primary sulfonamides is 1. The van der Waals surface area contributed by atoms with Gasteiger partial charge in [-0.2, -0.15) is 0 Å². The minimum absolute atomic E-state index is 0.0160. The summed E-state index contributed by atoms with van der Waals surface area (Å²) < 4.78 is 34.7. The quantitative estimate of drug-likeness (QED) is 0.295. The molecule has 3 aromatic rings. The zero-order valence-corrected chi connectivity index (χ0v) is 21.2. The number of sulfonamides is 1. The molecule has 0 atom stereocenters. The summed E-state index contributed by atoms with van der Waals surface area (Å²) in [6, 6.07) is 17.1. The summed E-state index contributed by atoms with van der Waals surface area (Å²) in [5.41, 5.74) is 0.259. The molecule has 1 aliphatic heterocycles. The van der Waals surface area contributed by atoms with Gasteiger partial charge in [0.25, 0.3) is 0 Å². The summed E-state index contributed by atoms with van der Waals surface area (Å²) in [6.07, 6.45) is 1.87. The zero-order chi connectivity index (χ0) is 27.9. The Balaban J connectivity index is 0.000000260. The van der Waals surface area contributed by atoms with Crippen molar-refractivity contribution < 1.29 is 42.5 Å². The van der Waals surface area contributed by atoms with Crippen LogP contribution in [-0.4, -0.2) is 49.6 Å². The summed E-state index contributed by atoms with van der Waals surface area (Å²) in [4.78, 5) is 34.2. The average Bonchev–Trinajstić information content (AvgIpc) is 3.39. The number of para-hydroxylation sites is 2. The van der Waals surface area contributed by atoms with Gasteiger partial charge in [-0.1, -0.05) is 30.3 Å². The van der Waals surface area contributed by atoms with Crippen LogP contribution in [0.4, 0.5) is 5.69 Å². The molecule has 0 aliphatic carbocycles. The number of carbonyl (C=O) groups excluding carboxylic acids is 1. The molecule has 11 nitrogen and oxygen atoms in total. The number of rotatable bonds is 7. The van der Waals surface area contributed by atoms with Crippen LogP contribution < -0.4 is 19.5 Å². The van der Waals surface area contributed by atoms with Crippen LogP contribution in [0.5, 0.6) is 17.2 Å². The van der Waals surface area contributed by atoms with Crippen molar-refractivity contribution in [2.75, 3.05) is 18.0 Å². The van der Waals surface area contributed by atoms with Crippen molar-refractivity contribution in [1.82, 2.24) is 0 Å². The number of hydrogen-bond acceptors (Lipinski definition) is 8. The maximum atomic E-state index is 12.1. The third-order valence-electron chi connectivity index (χ3n) is 5.37. The summed E-state index contributed by atoms with van der Waals surface area (Å²) in [5.74, 6) is -2.30. The van der Waals surface area contributed by atoms with Crippen LogP contribution in [0.25, 0.3) is 0 Å². The molecule has 0 radical (unpaired) electrons. The Kier molecular flexibility index (Phi) is 9.05. The molecule has 4 rings (SSSR count). The summed E-state index contributed by atoms with van der Waals surface area (Å²) in [7, 11) is -4.18. The number of carboxylic acid groups (broad SMARTS) is 2. The number of nitrogens with two attached hydrogens (primary N) is 1. The number of nitrogens with zero attached hydrogens (tertiary/aromatic N) is 1. The SMILES string of the molecule is CC(=O)Oc1ccccc1C(=O)O.NS(=O)(=O)c1cc(C(=O)O)cc(N2CCCC2)c1Oc1ccccc1. The fraction of sp³-hybridized carbons (Fsp3) is 0.192. The van der Waals surface area contributed by atoms with Crippen LogP contribution in [-0.2, 0) is 14.8 Å². The first kappa shape index (κ1) is 28.2. The number of carboxylic acids is 2. The van der Waals surface area contributed by atoms with Crippen LogP contribution in [0.2, 0.25) is 0 Å². The van der Waals surface area contributed by atoms with E-state index in [0.717, 1.165) is 18.9 Å². The summed E-state index contributed by atoms with van der Waals surface area (Å²) in [6.45, 7) is 2.61. The number of esters is 1. The Morgan fingerprint density at radius 1 is 0.895 bits per heavy atom. The summed E-state index contributed by atoms with van der Waals surface area (Å²) >= 11 is 0. The Hall–Kier alpha value is -4.42. The van der Waals surface area contributed by atoms with Crippen LogP contribution in [0, 0.1) is 0 Å². The highest BCUT2D eigenvalue weighted by molar-refractivity contribution is 7.89. The average molecular weight is 543 g/mol. The lowest BCUT2D eigenvalue weighted by atomic mass is 10.1. The molecule has 38 heavy (non-hydrogen) atoms. The largest absolute Gasteiger partial charge is 0.478 e. The molecule has 1 saturated heterocycles. The van der Waals surface area contributed by atoms with Crippen molar-refractivity contribution in [2.24, 2.45) is 5.14 Å². The molecular weight excluding hydrogens is 516 g/mol. The van der Waals surface area contributed by atoms with Gasteiger partial charge in [0.1, 0.15) is 22.0 Å². The van der Waals surface area contributed by atoms with E-state index in [2.05, 4.69) is 4.74 Å². The Labute approximate surface area is 219 Å². The molecule has 4 N–H and O–H groups in total. The van der Waals surface area contributed by atoms with Gasteiger partial charge >= 0.3 is 17.9 Å². The first-order valence-electron chi connectivity index (χ1n) is 11.4. The van der Waals surface area contributed by atoms with E-state index in [-0.39, 0.29) is 27.5 Å². The van der Waals surface area contributed by atoms with E-state index in [4.69, 9.17) is 15.0 Å². The van der Waals surface area contributed by atoms with Crippen molar-refractivity contribution in [2.45, 2.75) is 24.7 Å². The van der Waals surface area contributed by atoms with Crippen molar-refractivity contribution in [3.8, 4) is 17.2 Å². The lowest BCUT2D eigenvalue weighted by Crippen LogP contribution is -2.21. The maximum Gasteiger partial charge on any atom is 0.339 e. The van der Waals surface area contributed by atoms with Gasteiger partial charge in [0, 0.05) is 20.0 Å². The molecule has 0 saturated carbocycles. The maximum absolute atomic E-state index is 12.1. The van der Waals surface area contributed by atoms with Gasteiger partial charge in [0.2, 0.25) is 10.0 Å². The topological polar surface area (TPSA) is 174 Å². The minimum atomic E-state index is -4.18. The van der Waals surface area contributed by atoms with E-state index in [9.17, 15) is 27.9 Å². The highest BCUT2D eigenvalue weighted by Gasteiger charge is 2.27. The molecule has 1 heterocycles. The second kappa shape index (κ2) is 12.2. The highest BCUT2D eigenvalue weighted by Crippen LogP contribution is 2.40. The molecule has 0 aromatic heterocycles. The second-order valence-electron chi connectivity index (χ2n) is 8.18. The van der Waals surface area contributed by atoms with Crippen LogP contribution in [0.15, 0.2) is 71.6 Å². The van der Waals surface area contributed by atoms with Crippen molar-refractivity contribution in [1.29, 1.82) is 0 Å². The predicted octanol–water partition coefficient (Wildman–Crippen LogP) is 3.73. The molecule has 1 fully saturated rings. The molecule has 0 spiro atoms. The highest BCUT2D eigenvalue weighted by atomic mass is 32.2. The zero-order valence-electron chi connectivity index (χ0n) is 20.4. The van der Waals surface area contributed by atoms with Crippen molar-refractivity contribution in [3.05, 3.63) is 77.9 Å². The normalized spacial score (nSPS) is 12.7. The number of carbonyl (C=O) groups is 3. The molecule has 12 heteroatoms. The number of anilines is 1. The van der Waals surface area contributed by atoms with Gasteiger partial charge in [-0.3, -0.25) is 4.79 Å². The van der Waals surface area contributed by atoms with E-state index in [0.29, 0.717) is 24.5 Å². The third kappa shape index (κ3) is 7.31. The molecule has 0 unspecified atom stereocenters. The van der Waals surface area contributed by atoms with E-state index >= 15 is 0 Å². The fourth-order valence-corrected chi connectivity index (χ4v) is 4.41. The number of ether oxygens (including phenoxy) is 2. The molecule has 0 amide bonds. The van der Waals surface area contributed by atoms with E-state index < -0.39 is 27.9 Å². The standard InChI is InChI=1S/C17H18N2O5S.C9H8O4/c18-25(22,23)15-11-12(17(20)21)10-14(19-8-4-5-9-19)16(15)24-13-6-2-1-3-7-13;1-6(10)13-8-5-3-2-4-7(8)9(11)12/h1-3,6-7,10-11H,4-5,8-9H2,(H,20,21)(H2,18,22,23);2-5H,1H3,(H,11,12). The number of benzene rings is 3. The second-order valence-corrected chi connectivity index (χ2v) is 9.71. The third-order valence-corrected chi connectivity index (χ3v) is 6.29. The van der Waals surface area contributed by atoms with E-state index in [1.807, 2.05) is 11.0 Å². The summed E-state index contributed by atoms with van der Waals surface area (Å²) in [5, 5.41) is 23.3. The van der Waals surface area contributed by atoms with Crippen LogP contribution in [0.1, 0.15) is 40.5 Å². The lowest BCUT2D eigenvalue weighted by Gasteiger charge is -2.23. The van der Waals surface area contributed by atoms with Gasteiger partial charge in [-0.05, 0) is 49.2 Å². The predicted molar refractivity (Wildman–Crippen MR) is 137 cm³/mol. The molecular formula is C26H26N2O9S. The van der Waals surface area contributed by atoms with Crippen molar-refractivity contribution >= 4 is 33.6 Å². The Morgan fingerprint density at radius 2 is 1.50 bits per heavy atom. The lowest BCUT2D eigenvalue weighted by molar-refractivity contribution is -0.131. The monoisotopic (exact) mass is 542 g/mol. The number of hydrogen-bond donors (Lipinski definition) is 3. The first-order valence-corrected chi connectivity index (χ1v) is 12.9. The molecule has 3 aromatic carbocycles. The smallest absolute Gasteiger partial charge is 0.339 e. The Morgan fingerprint density at radius 3 is 2.05 bits per heavy atom. The van der Waals surface area contributed by atoms with Crippen LogP contribution >= 0.6 is 0 Å². The van der Waals surface area contributed by atoms with Gasteiger partial charge in [-0.15, -0.1) is 0 Å².